The maximum Gasteiger partial charge on any atom is 0.340 e. The van der Waals surface area contributed by atoms with Gasteiger partial charge in [0.05, 0.1) is 11.7 Å². The van der Waals surface area contributed by atoms with E-state index >= 15 is 0 Å². The van der Waals surface area contributed by atoms with E-state index in [-0.39, 0.29) is 18.0 Å². The first-order valence-electron chi connectivity index (χ1n) is 11.3. The highest BCUT2D eigenvalue weighted by Crippen LogP contribution is 2.21. The molecule has 0 spiro atoms. The molecule has 0 saturated carbocycles. The Kier molecular flexibility index (Phi) is 7.91. The molecule has 1 aliphatic rings. The van der Waals surface area contributed by atoms with Crippen LogP contribution in [0.5, 0.6) is 0 Å². The number of aryl methyl sites for hydroxylation is 2. The minimum absolute atomic E-state index is 0.0321. The first kappa shape index (κ1) is 23.1. The number of carbonyl (C=O) groups is 2. The Morgan fingerprint density at radius 3 is 2.52 bits per heavy atom. The fourth-order valence-corrected chi connectivity index (χ4v) is 4.25. The van der Waals surface area contributed by atoms with Gasteiger partial charge in [0.1, 0.15) is 5.69 Å². The standard InChI is InChI=1S/C25H35N3O3/c1-18(2)31-25(30)22-19(3)23(26-20(22)4)24(29)28-15-9-14-27(16-17-28)13-8-12-21-10-6-5-7-11-21/h5-7,10-11,18,26H,8-9,12-17H2,1-4H3. The maximum atomic E-state index is 13.2. The summed E-state index contributed by atoms with van der Waals surface area (Å²) in [6.07, 6.45) is 2.96. The van der Waals surface area contributed by atoms with Crippen LogP contribution in [-0.2, 0) is 11.2 Å². The number of aromatic amines is 1. The molecule has 1 aromatic heterocycles. The van der Waals surface area contributed by atoms with E-state index < -0.39 is 0 Å². The Morgan fingerprint density at radius 2 is 1.81 bits per heavy atom. The van der Waals surface area contributed by atoms with Crippen LogP contribution < -0.4 is 0 Å². The zero-order chi connectivity index (χ0) is 22.4. The van der Waals surface area contributed by atoms with Crippen LogP contribution >= 0.6 is 0 Å². The van der Waals surface area contributed by atoms with Gasteiger partial charge in [0.15, 0.2) is 0 Å². The highest BCUT2D eigenvalue weighted by molar-refractivity contribution is 6.00. The summed E-state index contributed by atoms with van der Waals surface area (Å²) in [6, 6.07) is 10.6. The van der Waals surface area contributed by atoms with Crippen LogP contribution in [0.3, 0.4) is 0 Å². The number of nitrogens with one attached hydrogen (secondary N) is 1. The molecule has 168 valence electrons. The Bertz CT molecular complexity index is 889. The van der Waals surface area contributed by atoms with Crippen LogP contribution in [0, 0.1) is 13.8 Å². The number of ether oxygens (including phenoxy) is 1. The van der Waals surface area contributed by atoms with E-state index in [0.717, 1.165) is 45.4 Å². The molecule has 6 nitrogen and oxygen atoms in total. The van der Waals surface area contributed by atoms with E-state index in [0.29, 0.717) is 29.1 Å². The number of hydrogen-bond donors (Lipinski definition) is 1. The lowest BCUT2D eigenvalue weighted by atomic mass is 10.1. The largest absolute Gasteiger partial charge is 0.459 e. The monoisotopic (exact) mass is 425 g/mol. The molecule has 2 heterocycles. The summed E-state index contributed by atoms with van der Waals surface area (Å²) >= 11 is 0. The molecule has 1 fully saturated rings. The summed E-state index contributed by atoms with van der Waals surface area (Å²) in [6.45, 7) is 11.6. The molecular weight excluding hydrogens is 390 g/mol. The zero-order valence-corrected chi connectivity index (χ0v) is 19.2. The van der Waals surface area contributed by atoms with Gasteiger partial charge in [-0.15, -0.1) is 0 Å². The average molecular weight is 426 g/mol. The molecule has 0 radical (unpaired) electrons. The molecule has 1 aromatic carbocycles. The van der Waals surface area contributed by atoms with Gasteiger partial charge in [-0.3, -0.25) is 4.79 Å². The molecule has 0 unspecified atom stereocenters. The molecule has 1 N–H and O–H groups in total. The third-order valence-electron chi connectivity index (χ3n) is 5.86. The molecule has 0 aliphatic carbocycles. The second-order valence-corrected chi connectivity index (χ2v) is 8.66. The van der Waals surface area contributed by atoms with Crippen LogP contribution in [0.1, 0.15) is 64.4 Å². The number of benzene rings is 1. The zero-order valence-electron chi connectivity index (χ0n) is 19.2. The Morgan fingerprint density at radius 1 is 1.06 bits per heavy atom. The first-order valence-corrected chi connectivity index (χ1v) is 11.3. The van der Waals surface area contributed by atoms with E-state index in [2.05, 4.69) is 34.1 Å². The normalized spacial score (nSPS) is 15.2. The molecule has 0 bridgehead atoms. The Hall–Kier alpha value is -2.60. The van der Waals surface area contributed by atoms with Gasteiger partial charge in [0, 0.05) is 25.3 Å². The van der Waals surface area contributed by atoms with Crippen LogP contribution in [0.2, 0.25) is 0 Å². The molecular formula is C25H35N3O3. The second-order valence-electron chi connectivity index (χ2n) is 8.66. The van der Waals surface area contributed by atoms with Crippen molar-refractivity contribution in [2.75, 3.05) is 32.7 Å². The fraction of sp³-hybridized carbons (Fsp3) is 0.520. The highest BCUT2D eigenvalue weighted by atomic mass is 16.5. The number of hydrogen-bond acceptors (Lipinski definition) is 4. The van der Waals surface area contributed by atoms with Crippen molar-refractivity contribution >= 4 is 11.9 Å². The van der Waals surface area contributed by atoms with Gasteiger partial charge in [-0.05, 0) is 71.2 Å². The number of aromatic nitrogens is 1. The summed E-state index contributed by atoms with van der Waals surface area (Å²) in [5, 5.41) is 0. The molecule has 31 heavy (non-hydrogen) atoms. The van der Waals surface area contributed by atoms with Crippen molar-refractivity contribution in [2.24, 2.45) is 0 Å². The number of esters is 1. The summed E-state index contributed by atoms with van der Waals surface area (Å²) in [5.41, 5.74) is 3.72. The Labute approximate surface area is 185 Å². The average Bonchev–Trinajstić information content (AvgIpc) is 2.89. The van der Waals surface area contributed by atoms with Crippen LogP contribution in [0.15, 0.2) is 30.3 Å². The highest BCUT2D eigenvalue weighted by Gasteiger charge is 2.27. The van der Waals surface area contributed by atoms with Gasteiger partial charge in [-0.25, -0.2) is 4.79 Å². The summed E-state index contributed by atoms with van der Waals surface area (Å²) in [4.78, 5) is 33.2. The van der Waals surface area contributed by atoms with Crippen molar-refractivity contribution in [1.82, 2.24) is 14.8 Å². The van der Waals surface area contributed by atoms with E-state index in [4.69, 9.17) is 4.74 Å². The van der Waals surface area contributed by atoms with Crippen molar-refractivity contribution in [2.45, 2.75) is 53.1 Å². The lowest BCUT2D eigenvalue weighted by Crippen LogP contribution is -2.36. The third kappa shape index (κ3) is 5.97. The van der Waals surface area contributed by atoms with Crippen molar-refractivity contribution in [3.63, 3.8) is 0 Å². The summed E-state index contributed by atoms with van der Waals surface area (Å²) in [7, 11) is 0. The maximum absolute atomic E-state index is 13.2. The second kappa shape index (κ2) is 10.6. The van der Waals surface area contributed by atoms with E-state index in [9.17, 15) is 9.59 Å². The molecule has 3 rings (SSSR count). The third-order valence-corrected chi connectivity index (χ3v) is 5.86. The quantitative estimate of drug-likeness (QED) is 0.682. The van der Waals surface area contributed by atoms with Crippen molar-refractivity contribution in [3.8, 4) is 0 Å². The van der Waals surface area contributed by atoms with Gasteiger partial charge in [-0.2, -0.15) is 0 Å². The first-order chi connectivity index (χ1) is 14.9. The smallest absolute Gasteiger partial charge is 0.340 e. The van der Waals surface area contributed by atoms with Gasteiger partial charge in [-0.1, -0.05) is 30.3 Å². The number of rotatable bonds is 7. The van der Waals surface area contributed by atoms with Gasteiger partial charge in [0.2, 0.25) is 0 Å². The number of H-pyrrole nitrogens is 1. The van der Waals surface area contributed by atoms with Crippen molar-refractivity contribution in [1.29, 1.82) is 0 Å². The van der Waals surface area contributed by atoms with E-state index in [1.807, 2.05) is 38.7 Å². The number of carbonyl (C=O) groups excluding carboxylic acids is 2. The van der Waals surface area contributed by atoms with Gasteiger partial charge in [0.25, 0.3) is 5.91 Å². The molecule has 6 heteroatoms. The van der Waals surface area contributed by atoms with Crippen LogP contribution in [0.25, 0.3) is 0 Å². The predicted octanol–water partition coefficient (Wildman–Crippen LogP) is 3.98. The Balaban J connectivity index is 1.57. The molecule has 1 aliphatic heterocycles. The van der Waals surface area contributed by atoms with Crippen molar-refractivity contribution in [3.05, 3.63) is 58.4 Å². The van der Waals surface area contributed by atoms with Crippen molar-refractivity contribution < 1.29 is 14.3 Å². The number of nitrogens with zero attached hydrogens (tertiary/aromatic N) is 2. The lowest BCUT2D eigenvalue weighted by molar-refractivity contribution is 0.0376. The minimum atomic E-state index is -0.374. The molecule has 0 atom stereocenters. The SMILES string of the molecule is Cc1[nH]c(C(=O)N2CCCN(CCCc3ccccc3)CC2)c(C)c1C(=O)OC(C)C. The minimum Gasteiger partial charge on any atom is -0.459 e. The molecule has 2 aromatic rings. The fourth-order valence-electron chi connectivity index (χ4n) is 4.25. The topological polar surface area (TPSA) is 65.6 Å². The predicted molar refractivity (Wildman–Crippen MR) is 123 cm³/mol. The van der Waals surface area contributed by atoms with Gasteiger partial charge < -0.3 is 19.5 Å². The molecule has 1 amide bonds. The summed E-state index contributed by atoms with van der Waals surface area (Å²) < 4.78 is 5.35. The van der Waals surface area contributed by atoms with E-state index in [1.165, 1.54) is 5.56 Å². The lowest BCUT2D eigenvalue weighted by Gasteiger charge is -2.22. The molecule has 1 saturated heterocycles. The van der Waals surface area contributed by atoms with Crippen LogP contribution in [-0.4, -0.2) is 65.5 Å². The van der Waals surface area contributed by atoms with E-state index in [1.54, 1.807) is 0 Å². The number of amides is 1. The van der Waals surface area contributed by atoms with Crippen LogP contribution in [0.4, 0.5) is 0 Å². The van der Waals surface area contributed by atoms with Gasteiger partial charge >= 0.3 is 5.97 Å². The summed E-state index contributed by atoms with van der Waals surface area (Å²) in [5.74, 6) is -0.406.